The van der Waals surface area contributed by atoms with E-state index >= 15 is 0 Å². The summed E-state index contributed by atoms with van der Waals surface area (Å²) in [6.07, 6.45) is 8.87. The van der Waals surface area contributed by atoms with Crippen LogP contribution in [0.3, 0.4) is 0 Å². The van der Waals surface area contributed by atoms with Gasteiger partial charge in [0, 0.05) is 48.2 Å². The molecule has 3 N–H and O–H groups in total. The van der Waals surface area contributed by atoms with Crippen LogP contribution in [0.1, 0.15) is 51.1 Å². The highest BCUT2D eigenvalue weighted by molar-refractivity contribution is 5.89. The molecule has 1 saturated carbocycles. The number of pyridine rings is 2. The number of ketones is 1. The summed E-state index contributed by atoms with van der Waals surface area (Å²) in [5.74, 6) is -0.388. The van der Waals surface area contributed by atoms with E-state index in [0.717, 1.165) is 31.4 Å². The van der Waals surface area contributed by atoms with Crippen molar-refractivity contribution in [3.8, 4) is 11.5 Å². The number of likely N-dealkylation sites (tertiary alicyclic amines) is 1. The van der Waals surface area contributed by atoms with Crippen molar-refractivity contribution in [3.05, 3.63) is 83.4 Å². The molecule has 3 aromatic rings. The molecule has 39 heavy (non-hydrogen) atoms. The highest BCUT2D eigenvalue weighted by atomic mass is 16.5. The third-order valence-corrected chi connectivity index (χ3v) is 8.20. The Balaban J connectivity index is 0.000000143. The summed E-state index contributed by atoms with van der Waals surface area (Å²) >= 11 is 0. The van der Waals surface area contributed by atoms with Gasteiger partial charge in [-0.3, -0.25) is 14.8 Å². The van der Waals surface area contributed by atoms with Crippen LogP contribution in [0.4, 0.5) is 0 Å². The first-order valence-corrected chi connectivity index (χ1v) is 12.8. The number of carboxylic acids is 2. The first-order valence-electron chi connectivity index (χ1n) is 12.8. The van der Waals surface area contributed by atoms with Crippen molar-refractivity contribution < 1.29 is 34.4 Å². The van der Waals surface area contributed by atoms with E-state index in [9.17, 15) is 19.5 Å². The number of hydrogen-bond donors (Lipinski definition) is 3. The number of benzene rings is 1. The molecule has 202 valence electrons. The van der Waals surface area contributed by atoms with Gasteiger partial charge in [0.1, 0.15) is 0 Å². The van der Waals surface area contributed by atoms with E-state index in [-0.39, 0.29) is 34.2 Å². The van der Waals surface area contributed by atoms with Gasteiger partial charge < -0.3 is 25.0 Å². The Morgan fingerprint density at radius 1 is 1.03 bits per heavy atom. The number of Topliss-reactive ketones (excluding diaryl/α,β-unsaturated/α-hetero) is 1. The second kappa shape index (κ2) is 10.5. The number of carboxylic acid groups (broad SMARTS) is 2. The number of carbonyl (C=O) groups excluding carboxylic acids is 1. The molecule has 1 saturated heterocycles. The lowest BCUT2D eigenvalue weighted by atomic mass is 9.52. The largest absolute Gasteiger partial charge is 0.504 e. The average Bonchev–Trinajstić information content (AvgIpc) is 3.31. The molecule has 1 spiro atoms. The predicted molar refractivity (Wildman–Crippen MR) is 139 cm³/mol. The number of aromatic nitrogens is 2. The summed E-state index contributed by atoms with van der Waals surface area (Å²) in [7, 11) is 2.20. The van der Waals surface area contributed by atoms with Crippen molar-refractivity contribution >= 4 is 17.7 Å². The molecule has 2 fully saturated rings. The Morgan fingerprint density at radius 3 is 2.21 bits per heavy atom. The van der Waals surface area contributed by atoms with Crippen molar-refractivity contribution in [2.24, 2.45) is 5.92 Å². The maximum atomic E-state index is 12.5. The Labute approximate surface area is 224 Å². The number of nitrogens with zero attached hydrogens (tertiary/aromatic N) is 3. The zero-order valence-electron chi connectivity index (χ0n) is 21.4. The normalized spacial score (nSPS) is 25.6. The van der Waals surface area contributed by atoms with Gasteiger partial charge in [-0.25, -0.2) is 9.59 Å². The molecule has 4 atom stereocenters. The number of rotatable bonds is 2. The highest BCUT2D eigenvalue weighted by Gasteiger charge is 2.65. The van der Waals surface area contributed by atoms with Crippen LogP contribution in [-0.2, 0) is 16.6 Å². The first-order chi connectivity index (χ1) is 18.7. The van der Waals surface area contributed by atoms with Crippen molar-refractivity contribution in [1.82, 2.24) is 14.9 Å². The van der Waals surface area contributed by atoms with Gasteiger partial charge in [-0.2, -0.15) is 0 Å². The van der Waals surface area contributed by atoms with Crippen LogP contribution < -0.4 is 4.74 Å². The molecule has 2 aliphatic carbocycles. The van der Waals surface area contributed by atoms with E-state index < -0.39 is 11.9 Å². The minimum Gasteiger partial charge on any atom is -0.504 e. The Kier molecular flexibility index (Phi) is 7.05. The number of likely N-dealkylation sites (N-methyl/N-ethyl adjacent to an activating group) is 1. The molecule has 2 bridgehead atoms. The number of hydrogen-bond acceptors (Lipinski definition) is 8. The molecule has 4 aliphatic rings. The maximum Gasteiger partial charge on any atom is 0.337 e. The van der Waals surface area contributed by atoms with E-state index in [1.165, 1.54) is 42.5 Å². The lowest BCUT2D eigenvalue weighted by Gasteiger charge is -2.57. The SMILES string of the molecule is CN1CC[C@]23c4c5ccc(O)c4O[C@H]2C(=O)CC[C@H]3[C@H]1C5.O=C(O)c1cccnc1.O=C(O)c1cccnc1. The summed E-state index contributed by atoms with van der Waals surface area (Å²) in [6, 6.07) is 10.4. The zero-order valence-corrected chi connectivity index (χ0v) is 21.4. The number of phenolic OH excluding ortho intramolecular Hbond substituents is 1. The van der Waals surface area contributed by atoms with Gasteiger partial charge in [0.05, 0.1) is 11.1 Å². The number of aromatic hydroxyl groups is 1. The maximum absolute atomic E-state index is 12.5. The lowest BCUT2D eigenvalue weighted by Crippen LogP contribution is -2.65. The molecule has 1 aromatic carbocycles. The van der Waals surface area contributed by atoms with Gasteiger partial charge >= 0.3 is 11.9 Å². The van der Waals surface area contributed by atoms with Crippen LogP contribution in [0, 0.1) is 5.92 Å². The minimum atomic E-state index is -0.942. The Morgan fingerprint density at radius 2 is 1.67 bits per heavy atom. The molecule has 2 aliphatic heterocycles. The van der Waals surface area contributed by atoms with E-state index in [2.05, 4.69) is 21.9 Å². The van der Waals surface area contributed by atoms with Crippen molar-refractivity contribution in [2.45, 2.75) is 43.2 Å². The minimum absolute atomic E-state index is 0.172. The van der Waals surface area contributed by atoms with Gasteiger partial charge in [-0.1, -0.05) is 6.07 Å². The van der Waals surface area contributed by atoms with Crippen LogP contribution in [0.25, 0.3) is 0 Å². The average molecular weight is 532 g/mol. The molecular weight excluding hydrogens is 502 g/mol. The summed E-state index contributed by atoms with van der Waals surface area (Å²) in [6.45, 7) is 1.00. The Bertz CT molecular complexity index is 1350. The summed E-state index contributed by atoms with van der Waals surface area (Å²) < 4.78 is 6.04. The second-order valence-electron chi connectivity index (χ2n) is 10.2. The molecule has 7 rings (SSSR count). The third kappa shape index (κ3) is 4.61. The molecule has 4 heterocycles. The van der Waals surface area contributed by atoms with Crippen molar-refractivity contribution in [2.75, 3.05) is 13.6 Å². The standard InChI is InChI=1S/C17H19NO3.2C6H5NO2/c1-18-7-6-17-10-3-5-13(20)16(17)21-15-12(19)4-2-9(14(15)17)8-11(10)18;2*8-6(9)5-2-1-3-7-4-5/h2,4,10-11,16,19H,3,5-8H2,1H3;2*1-4H,(H,8,9)/t10-,11+,16-,17-;;/m0../s1. The van der Waals surface area contributed by atoms with E-state index in [1.54, 1.807) is 18.2 Å². The number of carbonyl (C=O) groups is 3. The number of aromatic carboxylic acids is 2. The van der Waals surface area contributed by atoms with Crippen LogP contribution in [-0.4, -0.2) is 73.6 Å². The molecule has 10 heteroatoms. The molecule has 2 aromatic heterocycles. The monoisotopic (exact) mass is 531 g/mol. The quantitative estimate of drug-likeness (QED) is 0.450. The fourth-order valence-corrected chi connectivity index (χ4v) is 6.50. The van der Waals surface area contributed by atoms with E-state index in [1.807, 2.05) is 6.07 Å². The van der Waals surface area contributed by atoms with Crippen molar-refractivity contribution in [3.63, 3.8) is 0 Å². The predicted octanol–water partition coefficient (Wildman–Crippen LogP) is 3.19. The van der Waals surface area contributed by atoms with Gasteiger partial charge in [-0.05, 0) is 74.7 Å². The summed E-state index contributed by atoms with van der Waals surface area (Å²) in [5.41, 5.74) is 2.70. The van der Waals surface area contributed by atoms with Crippen LogP contribution >= 0.6 is 0 Å². The Hall–Kier alpha value is -4.31. The highest BCUT2D eigenvalue weighted by Crippen LogP contribution is 2.62. The van der Waals surface area contributed by atoms with Crippen LogP contribution in [0.2, 0.25) is 0 Å². The van der Waals surface area contributed by atoms with Gasteiger partial charge in [0.15, 0.2) is 23.4 Å². The van der Waals surface area contributed by atoms with Crippen LogP contribution in [0.15, 0.2) is 61.2 Å². The number of phenols is 1. The lowest BCUT2D eigenvalue weighted by molar-refractivity contribution is -0.138. The molecular formula is C29H29N3O7. The molecule has 0 unspecified atom stereocenters. The topological polar surface area (TPSA) is 150 Å². The smallest absolute Gasteiger partial charge is 0.337 e. The summed E-state index contributed by atoms with van der Waals surface area (Å²) in [4.78, 5) is 42.5. The van der Waals surface area contributed by atoms with E-state index in [0.29, 0.717) is 24.1 Å². The van der Waals surface area contributed by atoms with Crippen molar-refractivity contribution in [1.29, 1.82) is 0 Å². The zero-order chi connectivity index (χ0) is 27.7. The van der Waals surface area contributed by atoms with Gasteiger partial charge in [0.25, 0.3) is 0 Å². The second-order valence-corrected chi connectivity index (χ2v) is 10.2. The van der Waals surface area contributed by atoms with Gasteiger partial charge in [0.2, 0.25) is 0 Å². The van der Waals surface area contributed by atoms with Crippen LogP contribution in [0.5, 0.6) is 11.5 Å². The third-order valence-electron chi connectivity index (χ3n) is 8.20. The molecule has 10 nitrogen and oxygen atoms in total. The van der Waals surface area contributed by atoms with Gasteiger partial charge in [-0.15, -0.1) is 0 Å². The number of ether oxygens (including phenoxy) is 1. The summed E-state index contributed by atoms with van der Waals surface area (Å²) in [5, 5.41) is 26.9. The fraction of sp³-hybridized carbons (Fsp3) is 0.345. The van der Waals surface area contributed by atoms with E-state index in [4.69, 9.17) is 14.9 Å². The molecule has 0 radical (unpaired) electrons. The fourth-order valence-electron chi connectivity index (χ4n) is 6.50. The number of piperidine rings is 1. The first kappa shape index (κ1) is 26.3. The molecule has 0 amide bonds.